The van der Waals surface area contributed by atoms with Crippen LogP contribution in [0.3, 0.4) is 0 Å². The summed E-state index contributed by atoms with van der Waals surface area (Å²) in [6, 6.07) is 5.93. The van der Waals surface area contributed by atoms with Gasteiger partial charge in [0.25, 0.3) is 5.91 Å². The lowest BCUT2D eigenvalue weighted by Crippen LogP contribution is -2.51. The minimum absolute atomic E-state index is 0.0438. The second kappa shape index (κ2) is 6.19. The van der Waals surface area contributed by atoms with Gasteiger partial charge in [-0.3, -0.25) is 9.59 Å². The van der Waals surface area contributed by atoms with E-state index in [4.69, 9.17) is 0 Å². The summed E-state index contributed by atoms with van der Waals surface area (Å²) in [6.07, 6.45) is 1.76. The number of nitrogens with zero attached hydrogens (tertiary/aromatic N) is 2. The van der Waals surface area contributed by atoms with Crippen LogP contribution < -0.4 is 0 Å². The number of carbonyl (C=O) groups is 2. The van der Waals surface area contributed by atoms with Crippen molar-refractivity contribution in [2.45, 2.75) is 26.7 Å². The number of rotatable bonds is 2. The van der Waals surface area contributed by atoms with Crippen molar-refractivity contribution in [3.8, 4) is 0 Å². The molecule has 122 valence electrons. The van der Waals surface area contributed by atoms with Crippen molar-refractivity contribution in [1.82, 2.24) is 9.80 Å². The normalized spacial score (nSPS) is 21.1. The van der Waals surface area contributed by atoms with E-state index in [1.807, 2.05) is 35.8 Å². The number of benzene rings is 1. The summed E-state index contributed by atoms with van der Waals surface area (Å²) in [4.78, 5) is 28.9. The first-order valence-corrected chi connectivity index (χ1v) is 8.27. The first-order valence-electron chi connectivity index (χ1n) is 8.27. The monoisotopic (exact) mass is 312 g/mol. The number of aryl methyl sites for hydroxylation is 2. The number of hydrogen-bond donors (Lipinski definition) is 0. The molecule has 1 aromatic carbocycles. The number of hydrogen-bond acceptors (Lipinski definition) is 2. The number of piperidine rings is 1. The highest BCUT2D eigenvalue weighted by Gasteiger charge is 2.34. The lowest BCUT2D eigenvalue weighted by Gasteiger charge is -2.39. The third kappa shape index (κ3) is 3.31. The van der Waals surface area contributed by atoms with Crippen LogP contribution in [-0.2, 0) is 4.79 Å². The molecule has 3 rings (SSSR count). The summed E-state index contributed by atoms with van der Waals surface area (Å²) in [5.74, 6) is 0.157. The highest BCUT2D eigenvalue weighted by Crippen LogP contribution is 2.24. The Hall–Kier alpha value is -2.10. The molecule has 2 heterocycles. The Labute approximate surface area is 137 Å². The van der Waals surface area contributed by atoms with Gasteiger partial charge >= 0.3 is 0 Å². The predicted octanol–water partition coefficient (Wildman–Crippen LogP) is 2.55. The molecule has 0 saturated carbocycles. The summed E-state index contributed by atoms with van der Waals surface area (Å²) in [5, 5.41) is 0. The van der Waals surface area contributed by atoms with Gasteiger partial charge in [0.1, 0.15) is 0 Å². The van der Waals surface area contributed by atoms with E-state index in [0.717, 1.165) is 41.6 Å². The fourth-order valence-electron chi connectivity index (χ4n) is 3.55. The van der Waals surface area contributed by atoms with E-state index < -0.39 is 0 Å². The average Bonchev–Trinajstić information content (AvgIpc) is 2.49. The molecule has 0 aromatic heterocycles. The van der Waals surface area contributed by atoms with Gasteiger partial charge in [-0.2, -0.15) is 0 Å². The standard InChI is InChI=1S/C19H24N2O2/c1-13-7-14(2)9-17(8-13)19(23)20-6-4-5-16(12-20)18(22)21-10-15(3)11-21/h7-9,16H,3-6,10-12H2,1-2H3. The highest BCUT2D eigenvalue weighted by molar-refractivity contribution is 5.95. The van der Waals surface area contributed by atoms with Crippen LogP contribution in [0.2, 0.25) is 0 Å². The van der Waals surface area contributed by atoms with Crippen LogP contribution >= 0.6 is 0 Å². The molecule has 0 radical (unpaired) electrons. The zero-order valence-corrected chi connectivity index (χ0v) is 14.0. The molecule has 1 aromatic rings. The van der Waals surface area contributed by atoms with E-state index in [0.29, 0.717) is 19.6 Å². The molecule has 0 aliphatic carbocycles. The molecule has 4 heteroatoms. The maximum absolute atomic E-state index is 12.8. The largest absolute Gasteiger partial charge is 0.338 e. The molecule has 2 aliphatic heterocycles. The van der Waals surface area contributed by atoms with Gasteiger partial charge in [-0.25, -0.2) is 0 Å². The van der Waals surface area contributed by atoms with E-state index in [2.05, 4.69) is 12.6 Å². The summed E-state index contributed by atoms with van der Waals surface area (Å²) >= 11 is 0. The van der Waals surface area contributed by atoms with Crippen LogP contribution in [-0.4, -0.2) is 47.8 Å². The van der Waals surface area contributed by atoms with Crippen LogP contribution in [0.4, 0.5) is 0 Å². The molecular weight excluding hydrogens is 288 g/mol. The summed E-state index contributed by atoms with van der Waals surface area (Å²) in [7, 11) is 0. The quantitative estimate of drug-likeness (QED) is 0.788. The molecule has 0 N–H and O–H groups in total. The predicted molar refractivity (Wildman–Crippen MR) is 90.3 cm³/mol. The lowest BCUT2D eigenvalue weighted by molar-refractivity contribution is -0.138. The Morgan fingerprint density at radius 2 is 1.74 bits per heavy atom. The van der Waals surface area contributed by atoms with E-state index in [1.54, 1.807) is 0 Å². The molecule has 0 bridgehead atoms. The molecule has 2 amide bonds. The maximum Gasteiger partial charge on any atom is 0.253 e. The zero-order chi connectivity index (χ0) is 16.6. The molecule has 4 nitrogen and oxygen atoms in total. The second-order valence-electron chi connectivity index (χ2n) is 6.91. The molecule has 2 saturated heterocycles. The Balaban J connectivity index is 1.69. The van der Waals surface area contributed by atoms with Crippen molar-refractivity contribution in [3.63, 3.8) is 0 Å². The highest BCUT2D eigenvalue weighted by atomic mass is 16.2. The zero-order valence-electron chi connectivity index (χ0n) is 14.0. The molecule has 1 unspecified atom stereocenters. The molecule has 1 atom stereocenters. The molecule has 2 fully saturated rings. The Morgan fingerprint density at radius 1 is 1.09 bits per heavy atom. The van der Waals surface area contributed by atoms with Gasteiger partial charge < -0.3 is 9.80 Å². The lowest BCUT2D eigenvalue weighted by atomic mass is 9.94. The van der Waals surface area contributed by atoms with E-state index in [-0.39, 0.29) is 17.7 Å². The van der Waals surface area contributed by atoms with Crippen LogP contribution in [0.25, 0.3) is 0 Å². The number of carbonyl (C=O) groups excluding carboxylic acids is 2. The minimum atomic E-state index is -0.0632. The summed E-state index contributed by atoms with van der Waals surface area (Å²) < 4.78 is 0. The third-order valence-corrected chi connectivity index (χ3v) is 4.67. The first kappa shape index (κ1) is 15.8. The van der Waals surface area contributed by atoms with Gasteiger partial charge in [0.15, 0.2) is 0 Å². The third-order valence-electron chi connectivity index (χ3n) is 4.67. The Bertz CT molecular complexity index is 637. The van der Waals surface area contributed by atoms with Crippen molar-refractivity contribution >= 4 is 11.8 Å². The fourth-order valence-corrected chi connectivity index (χ4v) is 3.55. The van der Waals surface area contributed by atoms with Gasteiger partial charge in [0.05, 0.1) is 5.92 Å². The number of likely N-dealkylation sites (tertiary alicyclic amines) is 2. The number of amides is 2. The van der Waals surface area contributed by atoms with Gasteiger partial charge in [-0.15, -0.1) is 0 Å². The fraction of sp³-hybridized carbons (Fsp3) is 0.474. The van der Waals surface area contributed by atoms with Crippen molar-refractivity contribution in [2.75, 3.05) is 26.2 Å². The minimum Gasteiger partial charge on any atom is -0.338 e. The van der Waals surface area contributed by atoms with Gasteiger partial charge in [-0.05, 0) is 44.4 Å². The first-order chi connectivity index (χ1) is 10.9. The summed E-state index contributed by atoms with van der Waals surface area (Å²) in [6.45, 7) is 10.5. The molecule has 23 heavy (non-hydrogen) atoms. The van der Waals surface area contributed by atoms with Crippen molar-refractivity contribution < 1.29 is 9.59 Å². The van der Waals surface area contributed by atoms with Gasteiger partial charge in [-0.1, -0.05) is 23.8 Å². The summed E-state index contributed by atoms with van der Waals surface area (Å²) in [5.41, 5.74) is 4.03. The van der Waals surface area contributed by atoms with E-state index in [9.17, 15) is 9.59 Å². The SMILES string of the molecule is C=C1CN(C(=O)C2CCCN(C(=O)c3cc(C)cc(C)c3)C2)C1. The average molecular weight is 312 g/mol. The van der Waals surface area contributed by atoms with E-state index in [1.165, 1.54) is 0 Å². The van der Waals surface area contributed by atoms with Crippen molar-refractivity contribution in [3.05, 3.63) is 47.0 Å². The van der Waals surface area contributed by atoms with Gasteiger partial charge in [0.2, 0.25) is 5.91 Å². The van der Waals surface area contributed by atoms with Crippen LogP contribution in [0.15, 0.2) is 30.4 Å². The van der Waals surface area contributed by atoms with Crippen molar-refractivity contribution in [1.29, 1.82) is 0 Å². The Morgan fingerprint density at radius 3 is 2.35 bits per heavy atom. The molecule has 2 aliphatic rings. The van der Waals surface area contributed by atoms with Crippen molar-refractivity contribution in [2.24, 2.45) is 5.92 Å². The maximum atomic E-state index is 12.8. The second-order valence-corrected chi connectivity index (χ2v) is 6.91. The smallest absolute Gasteiger partial charge is 0.253 e. The van der Waals surface area contributed by atoms with Gasteiger partial charge in [0, 0.05) is 31.7 Å². The van der Waals surface area contributed by atoms with Crippen LogP contribution in [0.5, 0.6) is 0 Å². The van der Waals surface area contributed by atoms with Crippen LogP contribution in [0.1, 0.15) is 34.3 Å². The molecule has 0 spiro atoms. The topological polar surface area (TPSA) is 40.6 Å². The Kier molecular flexibility index (Phi) is 4.24. The van der Waals surface area contributed by atoms with Crippen LogP contribution in [0, 0.1) is 19.8 Å². The molecular formula is C19H24N2O2. The van der Waals surface area contributed by atoms with E-state index >= 15 is 0 Å².